The number of anilines is 1. The van der Waals surface area contributed by atoms with Crippen LogP contribution in [0.1, 0.15) is 21.5 Å². The minimum absolute atomic E-state index is 0.0574. The average Bonchev–Trinajstić information content (AvgIpc) is 2.89. The number of pyridine rings is 1. The van der Waals surface area contributed by atoms with Crippen molar-refractivity contribution in [3.63, 3.8) is 0 Å². The van der Waals surface area contributed by atoms with Gasteiger partial charge in [0.2, 0.25) is 0 Å². The number of aromatic nitrogens is 1. The number of rotatable bonds is 3. The third-order valence-electron chi connectivity index (χ3n) is 3.67. The molecule has 4 heteroatoms. The van der Waals surface area contributed by atoms with E-state index < -0.39 is 0 Å². The molecule has 102 valence electrons. The van der Waals surface area contributed by atoms with Gasteiger partial charge < -0.3 is 10.6 Å². The summed E-state index contributed by atoms with van der Waals surface area (Å²) >= 11 is 0. The van der Waals surface area contributed by atoms with Gasteiger partial charge in [-0.05, 0) is 36.1 Å². The molecule has 2 aromatic rings. The van der Waals surface area contributed by atoms with E-state index in [4.69, 9.17) is 0 Å². The largest absolute Gasteiger partial charge is 0.373 e. The van der Waals surface area contributed by atoms with E-state index in [9.17, 15) is 4.79 Å². The molecule has 2 N–H and O–H groups in total. The lowest BCUT2D eigenvalue weighted by molar-refractivity contribution is 0.0938. The Morgan fingerprint density at radius 2 is 1.85 bits per heavy atom. The molecule has 3 rings (SSSR count). The Morgan fingerprint density at radius 1 is 1.15 bits per heavy atom. The first-order valence-corrected chi connectivity index (χ1v) is 6.77. The van der Waals surface area contributed by atoms with E-state index in [1.807, 2.05) is 12.1 Å². The van der Waals surface area contributed by atoms with Crippen LogP contribution in [-0.2, 0) is 12.8 Å². The Kier molecular flexibility index (Phi) is 3.37. The summed E-state index contributed by atoms with van der Waals surface area (Å²) < 4.78 is 0. The minimum atomic E-state index is -0.0574. The highest BCUT2D eigenvalue weighted by Gasteiger charge is 2.22. The summed E-state index contributed by atoms with van der Waals surface area (Å²) in [5.41, 5.74) is 3.27. The molecule has 4 nitrogen and oxygen atoms in total. The molecular formula is C16H17N3O. The summed E-state index contributed by atoms with van der Waals surface area (Å²) in [5, 5.41) is 6.02. The van der Waals surface area contributed by atoms with E-state index in [-0.39, 0.29) is 11.9 Å². The van der Waals surface area contributed by atoms with Crippen molar-refractivity contribution in [2.24, 2.45) is 0 Å². The van der Waals surface area contributed by atoms with E-state index in [2.05, 4.69) is 27.8 Å². The van der Waals surface area contributed by atoms with Gasteiger partial charge in [0.1, 0.15) is 5.82 Å². The van der Waals surface area contributed by atoms with E-state index in [1.54, 1.807) is 25.4 Å². The number of carbonyl (C=O) groups excluding carboxylic acids is 1. The van der Waals surface area contributed by atoms with Crippen molar-refractivity contribution in [3.05, 3.63) is 59.3 Å². The molecular weight excluding hydrogens is 250 g/mol. The van der Waals surface area contributed by atoms with Gasteiger partial charge in [0, 0.05) is 19.3 Å². The number of benzene rings is 1. The molecule has 1 heterocycles. The lowest BCUT2D eigenvalue weighted by Crippen LogP contribution is -2.35. The van der Waals surface area contributed by atoms with Crippen molar-refractivity contribution in [1.82, 2.24) is 10.3 Å². The third kappa shape index (κ3) is 2.50. The zero-order valence-corrected chi connectivity index (χ0v) is 11.4. The first-order valence-electron chi connectivity index (χ1n) is 6.77. The summed E-state index contributed by atoms with van der Waals surface area (Å²) in [6, 6.07) is 12.1. The highest BCUT2D eigenvalue weighted by atomic mass is 16.1. The van der Waals surface area contributed by atoms with Gasteiger partial charge in [-0.2, -0.15) is 0 Å². The van der Waals surface area contributed by atoms with Crippen LogP contribution in [0.5, 0.6) is 0 Å². The lowest BCUT2D eigenvalue weighted by Gasteiger charge is -2.12. The maximum Gasteiger partial charge on any atom is 0.253 e. The highest BCUT2D eigenvalue weighted by Crippen LogP contribution is 2.21. The molecule has 0 spiro atoms. The SMILES string of the molecule is CNc1ccc(C(=O)NC2Cc3ccccc3C2)cn1. The number of nitrogens with zero attached hydrogens (tertiary/aromatic N) is 1. The van der Waals surface area contributed by atoms with Gasteiger partial charge >= 0.3 is 0 Å². The van der Waals surface area contributed by atoms with Crippen molar-refractivity contribution >= 4 is 11.7 Å². The van der Waals surface area contributed by atoms with E-state index >= 15 is 0 Å². The molecule has 0 fully saturated rings. The molecule has 0 atom stereocenters. The number of amides is 1. The van der Waals surface area contributed by atoms with Crippen LogP contribution >= 0.6 is 0 Å². The van der Waals surface area contributed by atoms with Crippen molar-refractivity contribution in [3.8, 4) is 0 Å². The second-order valence-electron chi connectivity index (χ2n) is 5.03. The number of carbonyl (C=O) groups is 1. The fourth-order valence-electron chi connectivity index (χ4n) is 2.61. The van der Waals surface area contributed by atoms with Gasteiger partial charge in [-0.25, -0.2) is 4.98 Å². The van der Waals surface area contributed by atoms with Crippen LogP contribution in [0.2, 0.25) is 0 Å². The normalized spacial score (nSPS) is 13.8. The van der Waals surface area contributed by atoms with Crippen LogP contribution in [0.4, 0.5) is 5.82 Å². The predicted molar refractivity (Wildman–Crippen MR) is 78.9 cm³/mol. The topological polar surface area (TPSA) is 54.0 Å². The third-order valence-corrected chi connectivity index (χ3v) is 3.67. The van der Waals surface area contributed by atoms with E-state index in [1.165, 1.54) is 11.1 Å². The standard InChI is InChI=1S/C16H17N3O/c1-17-15-7-6-13(10-18-15)16(20)19-14-8-11-4-2-3-5-12(11)9-14/h2-7,10,14H,8-9H2,1H3,(H,17,18)(H,19,20). The molecule has 1 aromatic heterocycles. The van der Waals surface area contributed by atoms with Crippen LogP contribution in [0, 0.1) is 0 Å². The van der Waals surface area contributed by atoms with Crippen molar-refractivity contribution in [2.45, 2.75) is 18.9 Å². The Bertz CT molecular complexity index is 597. The molecule has 0 bridgehead atoms. The zero-order chi connectivity index (χ0) is 13.9. The molecule has 1 amide bonds. The Labute approximate surface area is 118 Å². The quantitative estimate of drug-likeness (QED) is 0.894. The first-order chi connectivity index (χ1) is 9.76. The second kappa shape index (κ2) is 5.33. The molecule has 0 aliphatic heterocycles. The molecule has 1 aliphatic carbocycles. The zero-order valence-electron chi connectivity index (χ0n) is 11.4. The van der Waals surface area contributed by atoms with Gasteiger partial charge in [-0.3, -0.25) is 4.79 Å². The van der Waals surface area contributed by atoms with Gasteiger partial charge in [-0.15, -0.1) is 0 Å². The van der Waals surface area contributed by atoms with E-state index in [0.717, 1.165) is 18.7 Å². The Hall–Kier alpha value is -2.36. The number of fused-ring (bicyclic) bond motifs is 1. The molecule has 1 aliphatic rings. The maximum absolute atomic E-state index is 12.2. The Morgan fingerprint density at radius 3 is 2.40 bits per heavy atom. The summed E-state index contributed by atoms with van der Waals surface area (Å²) in [6.45, 7) is 0. The van der Waals surface area contributed by atoms with Gasteiger partial charge in [0.15, 0.2) is 0 Å². The fraction of sp³-hybridized carbons (Fsp3) is 0.250. The number of nitrogens with one attached hydrogen (secondary N) is 2. The van der Waals surface area contributed by atoms with Crippen molar-refractivity contribution in [1.29, 1.82) is 0 Å². The van der Waals surface area contributed by atoms with Crippen molar-refractivity contribution in [2.75, 3.05) is 12.4 Å². The average molecular weight is 267 g/mol. The van der Waals surface area contributed by atoms with Crippen LogP contribution < -0.4 is 10.6 Å². The molecule has 20 heavy (non-hydrogen) atoms. The fourth-order valence-corrected chi connectivity index (χ4v) is 2.61. The number of hydrogen-bond acceptors (Lipinski definition) is 3. The van der Waals surface area contributed by atoms with Gasteiger partial charge in [0.05, 0.1) is 5.56 Å². The molecule has 0 unspecified atom stereocenters. The van der Waals surface area contributed by atoms with Crippen LogP contribution in [0.3, 0.4) is 0 Å². The first kappa shape index (κ1) is 12.7. The van der Waals surface area contributed by atoms with Crippen LogP contribution in [0.15, 0.2) is 42.6 Å². The second-order valence-corrected chi connectivity index (χ2v) is 5.03. The lowest BCUT2D eigenvalue weighted by atomic mass is 10.1. The molecule has 0 saturated carbocycles. The molecule has 1 aromatic carbocycles. The van der Waals surface area contributed by atoms with Gasteiger partial charge in [-0.1, -0.05) is 24.3 Å². The van der Waals surface area contributed by atoms with Gasteiger partial charge in [0.25, 0.3) is 5.91 Å². The molecule has 0 radical (unpaired) electrons. The molecule has 0 saturated heterocycles. The van der Waals surface area contributed by atoms with Crippen LogP contribution in [-0.4, -0.2) is 24.0 Å². The smallest absolute Gasteiger partial charge is 0.253 e. The predicted octanol–water partition coefficient (Wildman–Crippen LogP) is 2.02. The van der Waals surface area contributed by atoms with E-state index in [0.29, 0.717) is 5.56 Å². The Balaban J connectivity index is 1.65. The summed E-state index contributed by atoms with van der Waals surface area (Å²) in [7, 11) is 1.80. The maximum atomic E-state index is 12.2. The van der Waals surface area contributed by atoms with Crippen LogP contribution in [0.25, 0.3) is 0 Å². The number of hydrogen-bond donors (Lipinski definition) is 2. The summed E-state index contributed by atoms with van der Waals surface area (Å²) in [5.74, 6) is 0.702. The summed E-state index contributed by atoms with van der Waals surface area (Å²) in [6.07, 6.45) is 3.41. The highest BCUT2D eigenvalue weighted by molar-refractivity contribution is 5.94. The summed E-state index contributed by atoms with van der Waals surface area (Å²) in [4.78, 5) is 16.3. The van der Waals surface area contributed by atoms with Crippen molar-refractivity contribution < 1.29 is 4.79 Å². The minimum Gasteiger partial charge on any atom is -0.373 e. The monoisotopic (exact) mass is 267 g/mol.